The number of fused-ring (bicyclic) bond motifs is 1. The second kappa shape index (κ2) is 7.58. The molecule has 27 heavy (non-hydrogen) atoms. The van der Waals surface area contributed by atoms with E-state index in [0.29, 0.717) is 16.5 Å². The van der Waals surface area contributed by atoms with Crippen LogP contribution in [-0.2, 0) is 10.0 Å². The Labute approximate surface area is 156 Å². The molecule has 1 N–H and O–H groups in total. The fourth-order valence-corrected chi connectivity index (χ4v) is 4.26. The molecule has 0 aliphatic carbocycles. The average molecular weight is 392 g/mol. The van der Waals surface area contributed by atoms with Gasteiger partial charge in [-0.25, -0.2) is 13.1 Å². The number of ether oxygens (including phenoxy) is 1. The third-order valence-corrected chi connectivity index (χ3v) is 5.61. The Kier molecular flexibility index (Phi) is 5.38. The van der Waals surface area contributed by atoms with E-state index in [9.17, 15) is 17.2 Å². The van der Waals surface area contributed by atoms with Crippen molar-refractivity contribution in [2.24, 2.45) is 0 Å². The predicted molar refractivity (Wildman–Crippen MR) is 98.3 cm³/mol. The molecular formula is C19H18F2N2O3S. The third kappa shape index (κ3) is 4.23. The topological polar surface area (TPSA) is 68.3 Å². The molecule has 1 aromatic heterocycles. The van der Waals surface area contributed by atoms with Gasteiger partial charge in [0.15, 0.2) is 0 Å². The summed E-state index contributed by atoms with van der Waals surface area (Å²) in [4.78, 5) is 4.27. The number of nitrogens with one attached hydrogen (secondary N) is 1. The van der Waals surface area contributed by atoms with Crippen LogP contribution in [0.15, 0.2) is 59.6 Å². The molecule has 0 spiro atoms. The lowest BCUT2D eigenvalue weighted by Gasteiger charge is -2.18. The van der Waals surface area contributed by atoms with Crippen molar-refractivity contribution in [2.45, 2.75) is 31.4 Å². The Bertz CT molecular complexity index is 1070. The summed E-state index contributed by atoms with van der Waals surface area (Å²) in [5.41, 5.74) is 1.57. The molecule has 0 fully saturated rings. The highest BCUT2D eigenvalue weighted by Crippen LogP contribution is 2.29. The van der Waals surface area contributed by atoms with Crippen LogP contribution in [-0.4, -0.2) is 20.0 Å². The number of para-hydroxylation sites is 2. The molecule has 3 rings (SSSR count). The smallest absolute Gasteiger partial charge is 0.387 e. The van der Waals surface area contributed by atoms with E-state index in [0.717, 1.165) is 5.56 Å². The summed E-state index contributed by atoms with van der Waals surface area (Å²) in [6, 6.07) is 12.0. The molecule has 5 nitrogen and oxygen atoms in total. The first-order chi connectivity index (χ1) is 12.8. The number of benzene rings is 2. The Morgan fingerprint density at radius 2 is 1.85 bits per heavy atom. The molecule has 8 heteroatoms. The maximum absolute atomic E-state index is 12.9. The van der Waals surface area contributed by atoms with Gasteiger partial charge in [0.05, 0.1) is 5.52 Å². The van der Waals surface area contributed by atoms with E-state index in [1.165, 1.54) is 18.2 Å². The normalized spacial score (nSPS) is 13.1. The summed E-state index contributed by atoms with van der Waals surface area (Å²) in [6.45, 7) is 0.433. The molecule has 142 valence electrons. The number of alkyl halides is 2. The van der Waals surface area contributed by atoms with Crippen molar-refractivity contribution in [1.29, 1.82) is 0 Å². The summed E-state index contributed by atoms with van der Waals surface area (Å²) >= 11 is 0. The van der Waals surface area contributed by atoms with E-state index in [-0.39, 0.29) is 10.6 Å². The van der Waals surface area contributed by atoms with Crippen molar-refractivity contribution in [3.05, 3.63) is 65.9 Å². The minimum atomic E-state index is -3.95. The van der Waals surface area contributed by atoms with Gasteiger partial charge in [-0.1, -0.05) is 30.3 Å². The van der Waals surface area contributed by atoms with Crippen molar-refractivity contribution in [2.75, 3.05) is 0 Å². The lowest BCUT2D eigenvalue weighted by Crippen LogP contribution is -2.27. The van der Waals surface area contributed by atoms with Crippen LogP contribution in [0.4, 0.5) is 8.78 Å². The first-order valence-corrected chi connectivity index (χ1v) is 9.67. The van der Waals surface area contributed by atoms with Gasteiger partial charge in [-0.3, -0.25) is 4.98 Å². The number of pyridine rings is 1. The second-order valence-corrected chi connectivity index (χ2v) is 7.78. The van der Waals surface area contributed by atoms with E-state index in [1.807, 2.05) is 13.0 Å². The van der Waals surface area contributed by atoms with Gasteiger partial charge in [-0.05, 0) is 37.6 Å². The minimum Gasteiger partial charge on any atom is -0.434 e. The number of halogens is 2. The minimum absolute atomic E-state index is 0.0270. The lowest BCUT2D eigenvalue weighted by atomic mass is 10.1. The van der Waals surface area contributed by atoms with Gasteiger partial charge in [0.1, 0.15) is 10.6 Å². The average Bonchev–Trinajstić information content (AvgIpc) is 2.60. The largest absolute Gasteiger partial charge is 0.434 e. The van der Waals surface area contributed by atoms with Crippen LogP contribution in [0.25, 0.3) is 10.9 Å². The lowest BCUT2D eigenvalue weighted by molar-refractivity contribution is -0.0506. The number of nitrogens with zero attached hydrogens (tertiary/aromatic N) is 1. The molecule has 0 radical (unpaired) electrons. The summed E-state index contributed by atoms with van der Waals surface area (Å²) < 4.78 is 58.0. The highest BCUT2D eigenvalue weighted by atomic mass is 32.2. The zero-order valence-electron chi connectivity index (χ0n) is 14.7. The zero-order chi connectivity index (χ0) is 19.6. The van der Waals surface area contributed by atoms with Crippen LogP contribution in [0.2, 0.25) is 0 Å². The number of aromatic nitrogens is 1. The maximum atomic E-state index is 12.9. The van der Waals surface area contributed by atoms with Gasteiger partial charge in [0, 0.05) is 23.2 Å². The molecule has 1 heterocycles. The van der Waals surface area contributed by atoms with Crippen LogP contribution in [0.1, 0.15) is 24.1 Å². The van der Waals surface area contributed by atoms with Gasteiger partial charge in [-0.2, -0.15) is 8.78 Å². The fourth-order valence-electron chi connectivity index (χ4n) is 2.86. The number of hydrogen-bond donors (Lipinski definition) is 1. The van der Waals surface area contributed by atoms with E-state index < -0.39 is 22.7 Å². The van der Waals surface area contributed by atoms with E-state index in [4.69, 9.17) is 0 Å². The van der Waals surface area contributed by atoms with Gasteiger partial charge in [-0.15, -0.1) is 0 Å². The SMILES string of the molecule is Cc1cnc2c(S(=O)(=O)N[C@H](C)c3ccccc3OC(F)F)cccc2c1. The Morgan fingerprint density at radius 3 is 2.59 bits per heavy atom. The quantitative estimate of drug-likeness (QED) is 0.683. The predicted octanol–water partition coefficient (Wildman–Crippen LogP) is 4.18. The van der Waals surface area contributed by atoms with Crippen LogP contribution < -0.4 is 9.46 Å². The Balaban J connectivity index is 1.96. The van der Waals surface area contributed by atoms with Crippen LogP contribution >= 0.6 is 0 Å². The van der Waals surface area contributed by atoms with Gasteiger partial charge in [0.25, 0.3) is 0 Å². The highest BCUT2D eigenvalue weighted by molar-refractivity contribution is 7.89. The van der Waals surface area contributed by atoms with Gasteiger partial charge < -0.3 is 4.74 Å². The van der Waals surface area contributed by atoms with Crippen molar-refractivity contribution in [3.8, 4) is 5.75 Å². The molecule has 0 aliphatic rings. The molecule has 0 unspecified atom stereocenters. The standard InChI is InChI=1S/C19H18F2N2O3S/c1-12-10-14-6-5-9-17(18(14)22-11-12)27(24,25)23-13(2)15-7-3-4-8-16(15)26-19(20)21/h3-11,13,19,23H,1-2H3/t13-/m1/s1. The van der Waals surface area contributed by atoms with Crippen molar-refractivity contribution in [1.82, 2.24) is 9.71 Å². The van der Waals surface area contributed by atoms with Gasteiger partial charge >= 0.3 is 6.61 Å². The molecule has 0 aliphatic heterocycles. The highest BCUT2D eigenvalue weighted by Gasteiger charge is 2.23. The molecule has 0 saturated carbocycles. The number of rotatable bonds is 6. The Hall–Kier alpha value is -2.58. The van der Waals surface area contributed by atoms with Crippen molar-refractivity contribution < 1.29 is 21.9 Å². The molecular weight excluding hydrogens is 374 g/mol. The molecule has 0 saturated heterocycles. The second-order valence-electron chi connectivity index (χ2n) is 6.10. The third-order valence-electron chi connectivity index (χ3n) is 4.03. The summed E-state index contributed by atoms with van der Waals surface area (Å²) in [5.74, 6) is -0.0747. The Morgan fingerprint density at radius 1 is 1.11 bits per heavy atom. The van der Waals surface area contributed by atoms with E-state index >= 15 is 0 Å². The van der Waals surface area contributed by atoms with Crippen LogP contribution in [0.5, 0.6) is 5.75 Å². The molecule has 0 amide bonds. The zero-order valence-corrected chi connectivity index (χ0v) is 15.5. The molecule has 0 bridgehead atoms. The number of sulfonamides is 1. The fraction of sp³-hybridized carbons (Fsp3) is 0.211. The molecule has 2 aromatic carbocycles. The summed E-state index contributed by atoms with van der Waals surface area (Å²) in [5, 5.41) is 0.701. The first-order valence-electron chi connectivity index (χ1n) is 8.19. The summed E-state index contributed by atoms with van der Waals surface area (Å²) in [6.07, 6.45) is 1.59. The van der Waals surface area contributed by atoms with Gasteiger partial charge in [0.2, 0.25) is 10.0 Å². The van der Waals surface area contributed by atoms with Crippen molar-refractivity contribution >= 4 is 20.9 Å². The summed E-state index contributed by atoms with van der Waals surface area (Å²) in [7, 11) is -3.95. The van der Waals surface area contributed by atoms with Crippen LogP contribution in [0, 0.1) is 6.92 Å². The number of aryl methyl sites for hydroxylation is 1. The van der Waals surface area contributed by atoms with E-state index in [2.05, 4.69) is 14.4 Å². The molecule has 3 aromatic rings. The maximum Gasteiger partial charge on any atom is 0.387 e. The number of hydrogen-bond acceptors (Lipinski definition) is 4. The van der Waals surface area contributed by atoms with E-state index in [1.54, 1.807) is 37.4 Å². The van der Waals surface area contributed by atoms with Crippen LogP contribution in [0.3, 0.4) is 0 Å². The molecule has 1 atom stereocenters. The monoisotopic (exact) mass is 392 g/mol. The first kappa shape index (κ1) is 19.2. The van der Waals surface area contributed by atoms with Crippen molar-refractivity contribution in [3.63, 3.8) is 0 Å².